The number of carbonyl (C=O) groups excluding carboxylic acids is 1. The summed E-state index contributed by atoms with van der Waals surface area (Å²) in [6.07, 6.45) is 1.34. The van der Waals surface area contributed by atoms with Gasteiger partial charge in [-0.25, -0.2) is 18.1 Å². The summed E-state index contributed by atoms with van der Waals surface area (Å²) in [7, 11) is -2.15. The van der Waals surface area contributed by atoms with E-state index < -0.39 is 10.0 Å². The van der Waals surface area contributed by atoms with E-state index in [1.807, 2.05) is 0 Å². The summed E-state index contributed by atoms with van der Waals surface area (Å²) in [6, 6.07) is 2.56. The molecule has 1 aromatic rings. The van der Waals surface area contributed by atoms with Crippen molar-refractivity contribution in [2.24, 2.45) is 0 Å². The molecule has 7 nitrogen and oxygen atoms in total. The van der Waals surface area contributed by atoms with E-state index in [2.05, 4.69) is 15.0 Å². The number of methoxy groups -OCH3 is 1. The van der Waals surface area contributed by atoms with Gasteiger partial charge in [-0.3, -0.25) is 4.79 Å². The van der Waals surface area contributed by atoms with E-state index in [4.69, 9.17) is 16.3 Å². The first-order chi connectivity index (χ1) is 9.45. The number of amides is 1. The Labute approximate surface area is 122 Å². The summed E-state index contributed by atoms with van der Waals surface area (Å²) in [6.45, 7) is 0.802. The smallest absolute Gasteiger partial charge is 0.240 e. The first kappa shape index (κ1) is 16.8. The van der Waals surface area contributed by atoms with Crippen molar-refractivity contribution in [3.8, 4) is 0 Å². The Morgan fingerprint density at radius 2 is 2.20 bits per heavy atom. The Bertz CT molecular complexity index is 550. The zero-order valence-electron chi connectivity index (χ0n) is 10.9. The lowest BCUT2D eigenvalue weighted by Crippen LogP contribution is -2.32. The molecular formula is C11H16ClN3O4S. The van der Waals surface area contributed by atoms with Gasteiger partial charge in [0.15, 0.2) is 0 Å². The predicted octanol–water partition coefficient (Wildman–Crippen LogP) is 0.166. The summed E-state index contributed by atoms with van der Waals surface area (Å²) in [5.41, 5.74) is 0. The van der Waals surface area contributed by atoms with E-state index in [0.717, 1.165) is 0 Å². The third-order valence-corrected chi connectivity index (χ3v) is 3.95. The molecule has 0 aliphatic carbocycles. The van der Waals surface area contributed by atoms with Crippen molar-refractivity contribution in [2.45, 2.75) is 11.3 Å². The van der Waals surface area contributed by atoms with Crippen LogP contribution in [0.4, 0.5) is 0 Å². The standard InChI is InChI=1S/C11H16ClN3O4S/c1-19-7-6-14-11(16)3-5-15-20(17,18)9-2-4-13-10(12)8-9/h2,4,8,15H,3,5-7H2,1H3,(H,14,16). The molecule has 0 atom stereocenters. The third-order valence-electron chi connectivity index (χ3n) is 2.28. The molecule has 1 heterocycles. The normalized spacial score (nSPS) is 11.3. The van der Waals surface area contributed by atoms with E-state index >= 15 is 0 Å². The molecule has 0 saturated heterocycles. The summed E-state index contributed by atoms with van der Waals surface area (Å²) >= 11 is 5.63. The van der Waals surface area contributed by atoms with Crippen molar-refractivity contribution in [3.05, 3.63) is 23.5 Å². The average molecular weight is 322 g/mol. The van der Waals surface area contributed by atoms with E-state index in [1.165, 1.54) is 25.4 Å². The van der Waals surface area contributed by atoms with Gasteiger partial charge in [0, 0.05) is 32.8 Å². The van der Waals surface area contributed by atoms with Crippen molar-refractivity contribution in [3.63, 3.8) is 0 Å². The van der Waals surface area contributed by atoms with Crippen LogP contribution in [-0.2, 0) is 19.6 Å². The maximum atomic E-state index is 11.9. The molecule has 0 saturated carbocycles. The second-order valence-electron chi connectivity index (χ2n) is 3.80. The summed E-state index contributed by atoms with van der Waals surface area (Å²) in [5, 5.41) is 2.68. The second kappa shape index (κ2) is 8.15. The number of aromatic nitrogens is 1. The molecule has 20 heavy (non-hydrogen) atoms. The number of carbonyl (C=O) groups is 1. The molecule has 0 aliphatic rings. The maximum absolute atomic E-state index is 11.9. The molecule has 0 radical (unpaired) electrons. The topological polar surface area (TPSA) is 97.4 Å². The highest BCUT2D eigenvalue weighted by Gasteiger charge is 2.14. The highest BCUT2D eigenvalue weighted by molar-refractivity contribution is 7.89. The monoisotopic (exact) mass is 321 g/mol. The third kappa shape index (κ3) is 5.83. The number of pyridine rings is 1. The fourth-order valence-corrected chi connectivity index (χ4v) is 2.60. The highest BCUT2D eigenvalue weighted by atomic mass is 35.5. The first-order valence-electron chi connectivity index (χ1n) is 5.82. The SMILES string of the molecule is COCCNC(=O)CCNS(=O)(=O)c1ccnc(Cl)c1. The average Bonchev–Trinajstić information content (AvgIpc) is 2.39. The van der Waals surface area contributed by atoms with E-state index in [-0.39, 0.29) is 28.9 Å². The van der Waals surface area contributed by atoms with Gasteiger partial charge in [-0.1, -0.05) is 11.6 Å². The predicted molar refractivity (Wildman–Crippen MR) is 73.9 cm³/mol. The van der Waals surface area contributed by atoms with E-state index in [1.54, 1.807) is 0 Å². The van der Waals surface area contributed by atoms with Crippen molar-refractivity contribution in [1.29, 1.82) is 0 Å². The Hall–Kier alpha value is -1.22. The molecule has 1 rings (SSSR count). The second-order valence-corrected chi connectivity index (χ2v) is 5.96. The molecular weight excluding hydrogens is 306 g/mol. The zero-order chi connectivity index (χ0) is 15.0. The lowest BCUT2D eigenvalue weighted by molar-refractivity contribution is -0.121. The minimum absolute atomic E-state index is 0.00108. The van der Waals surface area contributed by atoms with Crippen LogP contribution in [0.25, 0.3) is 0 Å². The zero-order valence-corrected chi connectivity index (χ0v) is 12.5. The number of nitrogens with one attached hydrogen (secondary N) is 2. The van der Waals surface area contributed by atoms with Crippen LogP contribution in [0.15, 0.2) is 23.2 Å². The van der Waals surface area contributed by atoms with Gasteiger partial charge in [0.2, 0.25) is 15.9 Å². The van der Waals surface area contributed by atoms with Gasteiger partial charge in [0.1, 0.15) is 5.15 Å². The highest BCUT2D eigenvalue weighted by Crippen LogP contribution is 2.12. The van der Waals surface area contributed by atoms with Gasteiger partial charge in [0.25, 0.3) is 0 Å². The molecule has 0 fully saturated rings. The van der Waals surface area contributed by atoms with Gasteiger partial charge in [-0.15, -0.1) is 0 Å². The minimum Gasteiger partial charge on any atom is -0.383 e. The van der Waals surface area contributed by atoms with Gasteiger partial charge < -0.3 is 10.1 Å². The van der Waals surface area contributed by atoms with E-state index in [0.29, 0.717) is 13.2 Å². The van der Waals surface area contributed by atoms with Crippen molar-refractivity contribution in [2.75, 3.05) is 26.8 Å². The lowest BCUT2D eigenvalue weighted by Gasteiger charge is -2.07. The first-order valence-corrected chi connectivity index (χ1v) is 7.68. The summed E-state index contributed by atoms with van der Waals surface area (Å²) < 4.78 is 30.8. The van der Waals surface area contributed by atoms with Gasteiger partial charge in [0.05, 0.1) is 11.5 Å². The molecule has 0 aliphatic heterocycles. The fraction of sp³-hybridized carbons (Fsp3) is 0.455. The van der Waals surface area contributed by atoms with Crippen molar-refractivity contribution >= 4 is 27.5 Å². The quantitative estimate of drug-likeness (QED) is 0.525. The molecule has 9 heteroatoms. The number of halogens is 1. The number of rotatable bonds is 8. The Kier molecular flexibility index (Phi) is 6.86. The van der Waals surface area contributed by atoms with Crippen LogP contribution in [0.2, 0.25) is 5.15 Å². The van der Waals surface area contributed by atoms with Gasteiger partial charge >= 0.3 is 0 Å². The Morgan fingerprint density at radius 3 is 2.85 bits per heavy atom. The van der Waals surface area contributed by atoms with Crippen LogP contribution >= 0.6 is 11.6 Å². The molecule has 0 unspecified atom stereocenters. The Morgan fingerprint density at radius 1 is 1.45 bits per heavy atom. The summed E-state index contributed by atoms with van der Waals surface area (Å²) in [5.74, 6) is -0.252. The molecule has 0 aromatic carbocycles. The Balaban J connectivity index is 2.43. The van der Waals surface area contributed by atoms with Crippen molar-refractivity contribution in [1.82, 2.24) is 15.0 Å². The van der Waals surface area contributed by atoms with Gasteiger partial charge in [-0.2, -0.15) is 0 Å². The van der Waals surface area contributed by atoms with Gasteiger partial charge in [-0.05, 0) is 12.1 Å². The molecule has 112 valence electrons. The summed E-state index contributed by atoms with van der Waals surface area (Å²) in [4.78, 5) is 15.1. The fourth-order valence-electron chi connectivity index (χ4n) is 1.32. The van der Waals surface area contributed by atoms with Crippen LogP contribution in [0.5, 0.6) is 0 Å². The number of hydrogen-bond donors (Lipinski definition) is 2. The molecule has 0 bridgehead atoms. The largest absolute Gasteiger partial charge is 0.383 e. The maximum Gasteiger partial charge on any atom is 0.240 e. The number of nitrogens with zero attached hydrogens (tertiary/aromatic N) is 1. The van der Waals surface area contributed by atoms with Crippen LogP contribution < -0.4 is 10.0 Å². The molecule has 2 N–H and O–H groups in total. The lowest BCUT2D eigenvalue weighted by atomic mass is 10.4. The molecule has 1 aromatic heterocycles. The molecule has 0 spiro atoms. The van der Waals surface area contributed by atoms with Crippen LogP contribution in [0, 0.1) is 0 Å². The number of ether oxygens (including phenoxy) is 1. The van der Waals surface area contributed by atoms with Crippen molar-refractivity contribution < 1.29 is 17.9 Å². The minimum atomic E-state index is -3.68. The molecule has 1 amide bonds. The van der Waals surface area contributed by atoms with Crippen LogP contribution in [0.1, 0.15) is 6.42 Å². The van der Waals surface area contributed by atoms with Crippen LogP contribution in [0.3, 0.4) is 0 Å². The number of sulfonamides is 1. The van der Waals surface area contributed by atoms with Crippen LogP contribution in [-0.4, -0.2) is 46.1 Å². The van der Waals surface area contributed by atoms with E-state index in [9.17, 15) is 13.2 Å². The number of hydrogen-bond acceptors (Lipinski definition) is 5.